The number of esters is 1. The summed E-state index contributed by atoms with van der Waals surface area (Å²) in [6, 6.07) is 16.9. The van der Waals surface area contributed by atoms with E-state index in [1.54, 1.807) is 0 Å². The van der Waals surface area contributed by atoms with Crippen LogP contribution in [-0.2, 0) is 27.4 Å². The van der Waals surface area contributed by atoms with Gasteiger partial charge in [0.25, 0.3) is 0 Å². The van der Waals surface area contributed by atoms with Gasteiger partial charge in [-0.2, -0.15) is 0 Å². The lowest BCUT2D eigenvalue weighted by atomic mass is 10.2. The number of ketones is 1. The Morgan fingerprint density at radius 2 is 1.73 bits per heavy atom. The lowest BCUT2D eigenvalue weighted by molar-refractivity contribution is -0.154. The summed E-state index contributed by atoms with van der Waals surface area (Å²) in [6.07, 6.45) is -0.0209. The molecule has 5 heteroatoms. The molecular weight excluding hydrogens is 298 g/mol. The van der Waals surface area contributed by atoms with Crippen LogP contribution in [0, 0.1) is 0 Å². The summed E-state index contributed by atoms with van der Waals surface area (Å²) in [5, 5.41) is 0.628. The molecular formula is C17H13NO3S. The van der Waals surface area contributed by atoms with Gasteiger partial charge in [-0.1, -0.05) is 42.5 Å². The van der Waals surface area contributed by atoms with E-state index in [1.165, 1.54) is 11.3 Å². The molecule has 2 aromatic carbocycles. The fraction of sp³-hybridized carbons (Fsp3) is 0.118. The maximum absolute atomic E-state index is 11.9. The molecule has 1 heterocycles. The number of ether oxygens (including phenoxy) is 1. The second-order valence-corrected chi connectivity index (χ2v) is 5.85. The zero-order valence-corrected chi connectivity index (χ0v) is 12.5. The summed E-state index contributed by atoms with van der Waals surface area (Å²) in [7, 11) is 0. The second kappa shape index (κ2) is 6.49. The smallest absolute Gasteiger partial charge is 0.375 e. The fourth-order valence-electron chi connectivity index (χ4n) is 2.01. The lowest BCUT2D eigenvalue weighted by Crippen LogP contribution is -2.19. The van der Waals surface area contributed by atoms with Crippen LogP contribution in [0.1, 0.15) is 10.6 Å². The third-order valence-corrected chi connectivity index (χ3v) is 4.13. The van der Waals surface area contributed by atoms with Crippen molar-refractivity contribution in [1.29, 1.82) is 0 Å². The average molecular weight is 311 g/mol. The van der Waals surface area contributed by atoms with Crippen LogP contribution >= 0.6 is 11.3 Å². The number of benzene rings is 2. The molecule has 0 aliphatic heterocycles. The molecule has 3 rings (SSSR count). The number of carbonyl (C=O) groups is 2. The van der Waals surface area contributed by atoms with E-state index in [1.807, 2.05) is 54.6 Å². The van der Waals surface area contributed by atoms with E-state index >= 15 is 0 Å². The molecule has 0 saturated heterocycles. The Morgan fingerprint density at radius 3 is 2.50 bits per heavy atom. The molecule has 0 amide bonds. The summed E-state index contributed by atoms with van der Waals surface area (Å²) < 4.78 is 6.03. The van der Waals surface area contributed by atoms with E-state index in [0.29, 0.717) is 5.01 Å². The summed E-state index contributed by atoms with van der Waals surface area (Å²) in [5.41, 5.74) is 1.69. The third kappa shape index (κ3) is 3.38. The van der Waals surface area contributed by atoms with Crippen molar-refractivity contribution in [1.82, 2.24) is 4.98 Å². The fourth-order valence-corrected chi connectivity index (χ4v) is 2.97. The first-order valence-corrected chi connectivity index (χ1v) is 7.62. The Balaban J connectivity index is 1.60. The Labute approximate surface area is 131 Å². The van der Waals surface area contributed by atoms with Crippen LogP contribution in [0.15, 0.2) is 54.6 Å². The summed E-state index contributed by atoms with van der Waals surface area (Å²) in [4.78, 5) is 28.0. The number of nitrogens with zero attached hydrogens (tertiary/aromatic N) is 1. The largest absolute Gasteiger partial charge is 0.455 e. The van der Waals surface area contributed by atoms with Crippen molar-refractivity contribution in [2.45, 2.75) is 13.0 Å². The second-order valence-electron chi connectivity index (χ2n) is 4.74. The molecule has 0 saturated carbocycles. The summed E-state index contributed by atoms with van der Waals surface area (Å²) >= 11 is 1.42. The van der Waals surface area contributed by atoms with Gasteiger partial charge in [0.1, 0.15) is 11.6 Å². The van der Waals surface area contributed by atoms with Crippen molar-refractivity contribution < 1.29 is 14.3 Å². The van der Waals surface area contributed by atoms with Crippen molar-refractivity contribution in [3.8, 4) is 0 Å². The standard InChI is InChI=1S/C17H13NO3S/c19-14(17(20)21-11-12-6-2-1-3-7-12)10-16-18-13-8-4-5-9-15(13)22-16/h1-9H,10-11H2. The molecule has 0 aliphatic carbocycles. The highest BCUT2D eigenvalue weighted by molar-refractivity contribution is 7.18. The molecule has 22 heavy (non-hydrogen) atoms. The monoisotopic (exact) mass is 311 g/mol. The summed E-state index contributed by atoms with van der Waals surface area (Å²) in [5.74, 6) is -1.39. The number of rotatable bonds is 5. The normalized spacial score (nSPS) is 10.5. The van der Waals surface area contributed by atoms with E-state index in [9.17, 15) is 9.59 Å². The Bertz CT molecular complexity index is 778. The van der Waals surface area contributed by atoms with Crippen molar-refractivity contribution in [2.75, 3.05) is 0 Å². The maximum Gasteiger partial charge on any atom is 0.375 e. The van der Waals surface area contributed by atoms with Gasteiger partial charge >= 0.3 is 5.97 Å². The van der Waals surface area contributed by atoms with Crippen molar-refractivity contribution in [2.24, 2.45) is 0 Å². The zero-order chi connectivity index (χ0) is 15.4. The van der Waals surface area contributed by atoms with Crippen LogP contribution in [-0.4, -0.2) is 16.7 Å². The molecule has 0 bridgehead atoms. The molecule has 0 unspecified atom stereocenters. The molecule has 0 fully saturated rings. The Kier molecular flexibility index (Phi) is 4.25. The molecule has 4 nitrogen and oxygen atoms in total. The van der Waals surface area contributed by atoms with Gasteiger partial charge in [-0.3, -0.25) is 4.79 Å². The van der Waals surface area contributed by atoms with Crippen molar-refractivity contribution >= 4 is 33.3 Å². The number of hydrogen-bond donors (Lipinski definition) is 0. The van der Waals surface area contributed by atoms with Crippen LogP contribution in [0.2, 0.25) is 0 Å². The van der Waals surface area contributed by atoms with Gasteiger partial charge in [0, 0.05) is 0 Å². The maximum atomic E-state index is 11.9. The molecule has 110 valence electrons. The Hall–Kier alpha value is -2.53. The third-order valence-electron chi connectivity index (χ3n) is 3.09. The topological polar surface area (TPSA) is 56.3 Å². The minimum absolute atomic E-state index is 0.0209. The van der Waals surface area contributed by atoms with Crippen LogP contribution in [0.4, 0.5) is 0 Å². The molecule has 0 atom stereocenters. The van der Waals surface area contributed by atoms with Crippen molar-refractivity contribution in [3.05, 3.63) is 65.2 Å². The number of hydrogen-bond acceptors (Lipinski definition) is 5. The molecule has 0 spiro atoms. The first-order chi connectivity index (χ1) is 10.7. The van der Waals surface area contributed by atoms with Gasteiger partial charge in [-0.05, 0) is 17.7 Å². The minimum atomic E-state index is -0.817. The van der Waals surface area contributed by atoms with Crippen LogP contribution in [0.25, 0.3) is 10.2 Å². The predicted octanol–water partition coefficient (Wildman–Crippen LogP) is 3.15. The highest BCUT2D eigenvalue weighted by Gasteiger charge is 2.18. The van der Waals surface area contributed by atoms with E-state index in [2.05, 4.69) is 4.98 Å². The van der Waals surface area contributed by atoms with Crippen LogP contribution in [0.3, 0.4) is 0 Å². The van der Waals surface area contributed by atoms with E-state index in [-0.39, 0.29) is 13.0 Å². The number of fused-ring (bicyclic) bond motifs is 1. The first-order valence-electron chi connectivity index (χ1n) is 6.81. The average Bonchev–Trinajstić information content (AvgIpc) is 2.95. The quantitative estimate of drug-likeness (QED) is 0.536. The summed E-state index contributed by atoms with van der Waals surface area (Å²) in [6.45, 7) is 0.102. The van der Waals surface area contributed by atoms with Gasteiger partial charge in [-0.25, -0.2) is 9.78 Å². The molecule has 3 aromatic rings. The van der Waals surface area contributed by atoms with E-state index < -0.39 is 11.8 Å². The van der Waals surface area contributed by atoms with Gasteiger partial charge in [0.2, 0.25) is 5.78 Å². The SMILES string of the molecule is O=C(Cc1nc2ccccc2s1)C(=O)OCc1ccccc1. The Morgan fingerprint density at radius 1 is 1.00 bits per heavy atom. The lowest BCUT2D eigenvalue weighted by Gasteiger charge is -2.03. The van der Waals surface area contributed by atoms with Gasteiger partial charge in [-0.15, -0.1) is 11.3 Å². The van der Waals surface area contributed by atoms with Gasteiger partial charge < -0.3 is 4.74 Å². The van der Waals surface area contributed by atoms with E-state index in [0.717, 1.165) is 15.8 Å². The van der Waals surface area contributed by atoms with E-state index in [4.69, 9.17) is 4.74 Å². The highest BCUT2D eigenvalue weighted by Crippen LogP contribution is 2.22. The minimum Gasteiger partial charge on any atom is -0.455 e. The predicted molar refractivity (Wildman–Crippen MR) is 84.6 cm³/mol. The zero-order valence-electron chi connectivity index (χ0n) is 11.7. The van der Waals surface area contributed by atoms with Gasteiger partial charge in [0.15, 0.2) is 0 Å². The number of para-hydroxylation sites is 1. The van der Waals surface area contributed by atoms with Gasteiger partial charge in [0.05, 0.1) is 16.6 Å². The van der Waals surface area contributed by atoms with Crippen molar-refractivity contribution in [3.63, 3.8) is 0 Å². The molecule has 1 aromatic heterocycles. The molecule has 0 aliphatic rings. The number of thiazole rings is 1. The van der Waals surface area contributed by atoms with Crippen LogP contribution in [0.5, 0.6) is 0 Å². The highest BCUT2D eigenvalue weighted by atomic mass is 32.1. The number of carbonyl (C=O) groups excluding carboxylic acids is 2. The first kappa shape index (κ1) is 14.4. The molecule has 0 N–H and O–H groups in total. The molecule has 0 radical (unpaired) electrons. The number of aromatic nitrogens is 1. The number of Topliss-reactive ketones (excluding diaryl/α,β-unsaturated/α-hetero) is 1. The van der Waals surface area contributed by atoms with Crippen LogP contribution < -0.4 is 0 Å².